The van der Waals surface area contributed by atoms with Gasteiger partial charge in [0, 0.05) is 56.4 Å². The van der Waals surface area contributed by atoms with E-state index in [0.717, 1.165) is 12.3 Å². The van der Waals surface area contributed by atoms with Crippen LogP contribution in [-0.4, -0.2) is 69.5 Å². The number of anilines is 1. The number of rotatable bonds is 6. The van der Waals surface area contributed by atoms with Crippen LogP contribution >= 0.6 is 11.6 Å². The molecule has 10 heteroatoms. The summed E-state index contributed by atoms with van der Waals surface area (Å²) < 4.78 is 5.84. The van der Waals surface area contributed by atoms with Gasteiger partial charge in [0.15, 0.2) is 11.0 Å². The van der Waals surface area contributed by atoms with Crippen molar-refractivity contribution in [2.75, 3.05) is 38.1 Å². The van der Waals surface area contributed by atoms with Crippen LogP contribution in [0.25, 0.3) is 0 Å². The third-order valence-electron chi connectivity index (χ3n) is 6.22. The largest absolute Gasteiger partial charge is 0.478 e. The normalized spacial score (nSPS) is 17.0. The number of halogens is 1. The molecule has 0 unspecified atom stereocenters. The molecular formula is C23H29ClN6O3. The summed E-state index contributed by atoms with van der Waals surface area (Å²) in [5, 5.41) is 2.79. The van der Waals surface area contributed by atoms with Crippen molar-refractivity contribution in [1.82, 2.24) is 24.8 Å². The number of urea groups is 1. The number of nitrogens with one attached hydrogen (secondary N) is 1. The van der Waals surface area contributed by atoms with Crippen LogP contribution in [0.4, 0.5) is 10.6 Å². The van der Waals surface area contributed by atoms with Gasteiger partial charge in [-0.15, -0.1) is 0 Å². The Bertz CT molecular complexity index is 961. The predicted octanol–water partition coefficient (Wildman–Crippen LogP) is 3.86. The van der Waals surface area contributed by atoms with Gasteiger partial charge in [-0.3, -0.25) is 10.1 Å². The van der Waals surface area contributed by atoms with E-state index in [1.54, 1.807) is 28.1 Å². The number of hydrogen-bond donors (Lipinski definition) is 1. The van der Waals surface area contributed by atoms with Crippen molar-refractivity contribution in [3.8, 4) is 5.88 Å². The number of hydrogen-bond acceptors (Lipinski definition) is 6. The van der Waals surface area contributed by atoms with Crippen LogP contribution in [0.3, 0.4) is 0 Å². The summed E-state index contributed by atoms with van der Waals surface area (Å²) in [6.45, 7) is 2.30. The first kappa shape index (κ1) is 23.2. The topological polar surface area (TPSA) is 101 Å². The zero-order valence-corrected chi connectivity index (χ0v) is 19.3. The highest BCUT2D eigenvalue weighted by molar-refractivity contribution is 6.32. The van der Waals surface area contributed by atoms with E-state index in [0.29, 0.717) is 44.2 Å². The van der Waals surface area contributed by atoms with Crippen LogP contribution in [0.5, 0.6) is 5.88 Å². The van der Waals surface area contributed by atoms with Crippen molar-refractivity contribution < 1.29 is 14.3 Å². The summed E-state index contributed by atoms with van der Waals surface area (Å²) in [7, 11) is 0. The lowest BCUT2D eigenvalue weighted by atomic mass is 9.87. The maximum atomic E-state index is 13.0. The second kappa shape index (κ2) is 11.3. The third-order valence-corrected chi connectivity index (χ3v) is 6.49. The Balaban J connectivity index is 1.25. The highest BCUT2D eigenvalue weighted by Crippen LogP contribution is 2.26. The summed E-state index contributed by atoms with van der Waals surface area (Å²) in [4.78, 5) is 41.0. The van der Waals surface area contributed by atoms with Crippen molar-refractivity contribution in [1.29, 1.82) is 0 Å². The number of carbonyl (C=O) groups is 2. The van der Waals surface area contributed by atoms with E-state index in [1.807, 2.05) is 0 Å². The van der Waals surface area contributed by atoms with Gasteiger partial charge in [-0.1, -0.05) is 43.7 Å². The lowest BCUT2D eigenvalue weighted by molar-refractivity contribution is 0.0671. The Kier molecular flexibility index (Phi) is 7.93. The summed E-state index contributed by atoms with van der Waals surface area (Å²) in [6, 6.07) is 3.09. The van der Waals surface area contributed by atoms with Crippen molar-refractivity contribution in [2.45, 2.75) is 38.5 Å². The van der Waals surface area contributed by atoms with Gasteiger partial charge < -0.3 is 14.5 Å². The van der Waals surface area contributed by atoms with Gasteiger partial charge in [0.05, 0.1) is 6.61 Å². The van der Waals surface area contributed by atoms with Crippen LogP contribution in [-0.2, 0) is 0 Å². The van der Waals surface area contributed by atoms with E-state index in [2.05, 4.69) is 20.3 Å². The van der Waals surface area contributed by atoms with E-state index in [9.17, 15) is 9.59 Å². The monoisotopic (exact) mass is 472 g/mol. The molecule has 0 radical (unpaired) electrons. The molecule has 2 fully saturated rings. The highest BCUT2D eigenvalue weighted by Gasteiger charge is 2.26. The molecule has 33 heavy (non-hydrogen) atoms. The summed E-state index contributed by atoms with van der Waals surface area (Å²) in [6.07, 6.45) is 12.1. The fraction of sp³-hybridized carbons (Fsp3) is 0.522. The fourth-order valence-electron chi connectivity index (χ4n) is 4.31. The molecule has 9 nitrogen and oxygen atoms in total. The maximum absolute atomic E-state index is 13.0. The molecule has 0 bridgehead atoms. The molecule has 2 aliphatic rings. The standard InChI is InChI=1S/C23H29ClN6O3/c24-20-21(27-10-9-26-20)28-23(32)30-13-11-29(12-14-30)22(31)18-6-8-25-19(16-18)33-15-7-17-4-2-1-3-5-17/h6,8-10,16-17H,1-5,7,11-15H2,(H,27,28,32). The molecule has 2 aromatic rings. The van der Waals surface area contributed by atoms with E-state index in [-0.39, 0.29) is 22.9 Å². The average molecular weight is 473 g/mol. The number of piperazine rings is 1. The van der Waals surface area contributed by atoms with E-state index >= 15 is 0 Å². The van der Waals surface area contributed by atoms with Crippen molar-refractivity contribution in [3.05, 3.63) is 41.4 Å². The van der Waals surface area contributed by atoms with Gasteiger partial charge in [-0.2, -0.15) is 0 Å². The minimum atomic E-state index is -0.318. The zero-order valence-electron chi connectivity index (χ0n) is 18.6. The molecule has 0 spiro atoms. The summed E-state index contributed by atoms with van der Waals surface area (Å²) in [5.74, 6) is 1.35. The van der Waals surface area contributed by atoms with Gasteiger partial charge in [0.2, 0.25) is 5.88 Å². The van der Waals surface area contributed by atoms with Crippen LogP contribution in [0.1, 0.15) is 48.9 Å². The molecule has 0 atom stereocenters. The third kappa shape index (κ3) is 6.31. The molecule has 1 N–H and O–H groups in total. The molecule has 0 aromatic carbocycles. The van der Waals surface area contributed by atoms with Gasteiger partial charge >= 0.3 is 6.03 Å². The molecule has 1 saturated carbocycles. The van der Waals surface area contributed by atoms with Crippen molar-refractivity contribution in [3.63, 3.8) is 0 Å². The van der Waals surface area contributed by atoms with Crippen molar-refractivity contribution in [2.24, 2.45) is 5.92 Å². The summed E-state index contributed by atoms with van der Waals surface area (Å²) >= 11 is 5.95. The molecule has 2 aromatic heterocycles. The number of ether oxygens (including phenoxy) is 1. The molecule has 1 saturated heterocycles. The minimum Gasteiger partial charge on any atom is -0.478 e. The van der Waals surface area contributed by atoms with Crippen LogP contribution in [0.15, 0.2) is 30.7 Å². The Morgan fingerprint density at radius 1 is 1.00 bits per heavy atom. The van der Waals surface area contributed by atoms with Gasteiger partial charge in [0.1, 0.15) is 0 Å². The van der Waals surface area contributed by atoms with Gasteiger partial charge in [-0.05, 0) is 18.4 Å². The van der Waals surface area contributed by atoms with Crippen LogP contribution in [0, 0.1) is 5.92 Å². The summed E-state index contributed by atoms with van der Waals surface area (Å²) in [5.41, 5.74) is 0.543. The number of nitrogens with zero attached hydrogens (tertiary/aromatic N) is 5. The molecule has 3 heterocycles. The molecular weight excluding hydrogens is 444 g/mol. The number of pyridine rings is 1. The number of aromatic nitrogens is 3. The second-order valence-electron chi connectivity index (χ2n) is 8.43. The number of amides is 3. The molecule has 4 rings (SSSR count). The quantitative estimate of drug-likeness (QED) is 0.685. The van der Waals surface area contributed by atoms with E-state index < -0.39 is 0 Å². The Morgan fingerprint density at radius 2 is 1.73 bits per heavy atom. The van der Waals surface area contributed by atoms with Gasteiger partial charge in [0.25, 0.3) is 5.91 Å². The Morgan fingerprint density at radius 3 is 2.48 bits per heavy atom. The van der Waals surface area contributed by atoms with Gasteiger partial charge in [-0.25, -0.2) is 19.7 Å². The molecule has 176 valence electrons. The number of carbonyl (C=O) groups excluding carboxylic acids is 2. The first-order valence-corrected chi connectivity index (χ1v) is 11.9. The molecule has 1 aliphatic carbocycles. The van der Waals surface area contributed by atoms with Crippen molar-refractivity contribution >= 4 is 29.4 Å². The average Bonchev–Trinajstić information content (AvgIpc) is 2.86. The molecule has 1 aliphatic heterocycles. The van der Waals surface area contributed by atoms with E-state index in [4.69, 9.17) is 16.3 Å². The maximum Gasteiger partial charge on any atom is 0.323 e. The van der Waals surface area contributed by atoms with Crippen LogP contribution < -0.4 is 10.1 Å². The minimum absolute atomic E-state index is 0.0911. The fourth-order valence-corrected chi connectivity index (χ4v) is 4.46. The van der Waals surface area contributed by atoms with E-state index in [1.165, 1.54) is 44.5 Å². The predicted molar refractivity (Wildman–Crippen MR) is 124 cm³/mol. The first-order valence-electron chi connectivity index (χ1n) is 11.5. The second-order valence-corrected chi connectivity index (χ2v) is 8.79. The zero-order chi connectivity index (χ0) is 23.0. The SMILES string of the molecule is O=C(Nc1nccnc1Cl)N1CCN(C(=O)c2ccnc(OCCC3CCCCC3)c2)CC1. The first-order chi connectivity index (χ1) is 16.1. The Hall–Kier alpha value is -2.94. The lowest BCUT2D eigenvalue weighted by Gasteiger charge is -2.34. The molecule has 3 amide bonds. The highest BCUT2D eigenvalue weighted by atomic mass is 35.5. The smallest absolute Gasteiger partial charge is 0.323 e. The lowest BCUT2D eigenvalue weighted by Crippen LogP contribution is -2.51. The van der Waals surface area contributed by atoms with Crippen LogP contribution in [0.2, 0.25) is 5.15 Å². The Labute approximate surface area is 198 Å².